The highest BCUT2D eigenvalue weighted by Crippen LogP contribution is 2.12. The summed E-state index contributed by atoms with van der Waals surface area (Å²) < 4.78 is 5.57. The van der Waals surface area contributed by atoms with E-state index >= 15 is 0 Å². The Morgan fingerprint density at radius 3 is 2.43 bits per heavy atom. The topological polar surface area (TPSA) is 41.6 Å². The molecule has 2 aromatic carbocycles. The molecule has 1 N–H and O–H groups in total. The third-order valence-electron chi connectivity index (χ3n) is 3.35. The maximum absolute atomic E-state index is 12.0. The van der Waals surface area contributed by atoms with Crippen LogP contribution in [-0.4, -0.2) is 31.1 Å². The Labute approximate surface area is 142 Å². The second-order valence-electron chi connectivity index (χ2n) is 5.38. The number of nitrogens with zero attached hydrogens (tertiary/aromatic N) is 1. The third kappa shape index (κ3) is 5.83. The number of halogens is 1. The van der Waals surface area contributed by atoms with Crippen molar-refractivity contribution in [3.63, 3.8) is 0 Å². The van der Waals surface area contributed by atoms with Gasteiger partial charge in [0.15, 0.2) is 0 Å². The van der Waals surface area contributed by atoms with Crippen molar-refractivity contribution in [2.75, 3.05) is 20.2 Å². The normalized spacial score (nSPS) is 10.2. The number of benzene rings is 2. The van der Waals surface area contributed by atoms with Crippen molar-refractivity contribution in [1.82, 2.24) is 10.2 Å². The first kappa shape index (κ1) is 17.2. The molecule has 0 atom stereocenters. The van der Waals surface area contributed by atoms with Gasteiger partial charge >= 0.3 is 6.03 Å². The molecule has 23 heavy (non-hydrogen) atoms. The predicted molar refractivity (Wildman–Crippen MR) is 93.0 cm³/mol. The van der Waals surface area contributed by atoms with Crippen LogP contribution >= 0.6 is 11.6 Å². The van der Waals surface area contributed by atoms with E-state index in [2.05, 4.69) is 5.32 Å². The van der Waals surface area contributed by atoms with Gasteiger partial charge in [0.05, 0.1) is 6.54 Å². The van der Waals surface area contributed by atoms with Crippen molar-refractivity contribution in [2.45, 2.75) is 13.5 Å². The van der Waals surface area contributed by atoms with Crippen LogP contribution in [0.25, 0.3) is 0 Å². The fourth-order valence-corrected chi connectivity index (χ4v) is 2.16. The maximum atomic E-state index is 12.0. The van der Waals surface area contributed by atoms with Crippen molar-refractivity contribution >= 4 is 17.6 Å². The lowest BCUT2D eigenvalue weighted by Gasteiger charge is -2.18. The molecule has 0 aliphatic carbocycles. The van der Waals surface area contributed by atoms with Gasteiger partial charge in [-0.15, -0.1) is 0 Å². The summed E-state index contributed by atoms with van der Waals surface area (Å²) in [5.41, 5.74) is 2.22. The number of urea groups is 1. The van der Waals surface area contributed by atoms with E-state index in [-0.39, 0.29) is 6.03 Å². The molecule has 0 heterocycles. The third-order valence-corrected chi connectivity index (χ3v) is 3.60. The van der Waals surface area contributed by atoms with E-state index in [1.54, 1.807) is 11.9 Å². The SMILES string of the molecule is Cc1ccc(OCCNC(=O)N(C)Cc2ccc(Cl)cc2)cc1. The van der Waals surface area contributed by atoms with Crippen molar-refractivity contribution in [3.05, 3.63) is 64.7 Å². The molecule has 0 aromatic heterocycles. The van der Waals surface area contributed by atoms with Gasteiger partial charge in [-0.3, -0.25) is 0 Å². The predicted octanol–water partition coefficient (Wildman–Crippen LogP) is 3.87. The van der Waals surface area contributed by atoms with Gasteiger partial charge in [0.25, 0.3) is 0 Å². The number of rotatable bonds is 6. The fraction of sp³-hybridized carbons (Fsp3) is 0.278. The average molecular weight is 333 g/mol. The van der Waals surface area contributed by atoms with Crippen LogP contribution in [0.5, 0.6) is 5.75 Å². The van der Waals surface area contributed by atoms with Gasteiger partial charge in [0.2, 0.25) is 0 Å². The number of aryl methyl sites for hydroxylation is 1. The van der Waals surface area contributed by atoms with E-state index in [0.29, 0.717) is 24.7 Å². The molecule has 4 nitrogen and oxygen atoms in total. The standard InChI is InChI=1S/C18H21ClN2O2/c1-14-3-9-17(10-4-14)23-12-11-20-18(22)21(2)13-15-5-7-16(19)8-6-15/h3-10H,11-13H2,1-2H3,(H,20,22). The van der Waals surface area contributed by atoms with Gasteiger partial charge in [0.1, 0.15) is 12.4 Å². The van der Waals surface area contributed by atoms with Crippen LogP contribution in [0.2, 0.25) is 5.02 Å². The monoisotopic (exact) mass is 332 g/mol. The van der Waals surface area contributed by atoms with Gasteiger partial charge in [0, 0.05) is 18.6 Å². The zero-order valence-electron chi connectivity index (χ0n) is 13.4. The second-order valence-corrected chi connectivity index (χ2v) is 5.81. The minimum absolute atomic E-state index is 0.132. The lowest BCUT2D eigenvalue weighted by molar-refractivity contribution is 0.203. The first-order valence-electron chi connectivity index (χ1n) is 7.47. The summed E-state index contributed by atoms with van der Waals surface area (Å²) in [4.78, 5) is 13.6. The van der Waals surface area contributed by atoms with Gasteiger partial charge < -0.3 is 15.0 Å². The summed E-state index contributed by atoms with van der Waals surface area (Å²) in [5, 5.41) is 3.52. The highest BCUT2D eigenvalue weighted by atomic mass is 35.5. The first-order valence-corrected chi connectivity index (χ1v) is 7.85. The molecule has 122 valence electrons. The van der Waals surface area contributed by atoms with E-state index in [1.807, 2.05) is 55.5 Å². The Hall–Kier alpha value is -2.20. The molecule has 0 spiro atoms. The quantitative estimate of drug-likeness (QED) is 0.816. The van der Waals surface area contributed by atoms with E-state index in [0.717, 1.165) is 11.3 Å². The Bertz CT molecular complexity index is 626. The van der Waals surface area contributed by atoms with Crippen molar-refractivity contribution in [1.29, 1.82) is 0 Å². The van der Waals surface area contributed by atoms with Crippen LogP contribution in [-0.2, 0) is 6.54 Å². The van der Waals surface area contributed by atoms with Crippen LogP contribution in [0, 0.1) is 6.92 Å². The molecule has 0 aliphatic rings. The minimum Gasteiger partial charge on any atom is -0.492 e. The molecule has 2 amide bonds. The highest BCUT2D eigenvalue weighted by molar-refractivity contribution is 6.30. The first-order chi connectivity index (χ1) is 11.0. The number of carbonyl (C=O) groups is 1. The van der Waals surface area contributed by atoms with Crippen LogP contribution in [0.15, 0.2) is 48.5 Å². The average Bonchev–Trinajstić information content (AvgIpc) is 2.55. The Balaban J connectivity index is 1.69. The van der Waals surface area contributed by atoms with Crippen molar-refractivity contribution in [3.8, 4) is 5.75 Å². The highest BCUT2D eigenvalue weighted by Gasteiger charge is 2.08. The smallest absolute Gasteiger partial charge is 0.317 e. The molecule has 0 bridgehead atoms. The number of nitrogens with one attached hydrogen (secondary N) is 1. The Morgan fingerprint density at radius 1 is 1.13 bits per heavy atom. The number of carbonyl (C=O) groups excluding carboxylic acids is 1. The number of amides is 2. The number of ether oxygens (including phenoxy) is 1. The molecule has 0 saturated carbocycles. The van der Waals surface area contributed by atoms with Crippen molar-refractivity contribution < 1.29 is 9.53 Å². The summed E-state index contributed by atoms with van der Waals surface area (Å²) in [7, 11) is 1.75. The van der Waals surface area contributed by atoms with Crippen LogP contribution in [0.4, 0.5) is 4.79 Å². The summed E-state index contributed by atoms with van der Waals surface area (Å²) in [6.07, 6.45) is 0. The lowest BCUT2D eigenvalue weighted by Crippen LogP contribution is -2.38. The summed E-state index contributed by atoms with van der Waals surface area (Å²) >= 11 is 5.85. The van der Waals surface area contributed by atoms with E-state index in [4.69, 9.17) is 16.3 Å². The van der Waals surface area contributed by atoms with Gasteiger partial charge in [-0.1, -0.05) is 41.4 Å². The van der Waals surface area contributed by atoms with Crippen molar-refractivity contribution in [2.24, 2.45) is 0 Å². The molecular weight excluding hydrogens is 312 g/mol. The van der Waals surface area contributed by atoms with E-state index < -0.39 is 0 Å². The fourth-order valence-electron chi connectivity index (χ4n) is 2.03. The summed E-state index contributed by atoms with van der Waals surface area (Å²) in [5.74, 6) is 0.805. The molecule has 5 heteroatoms. The molecule has 2 rings (SSSR count). The molecular formula is C18H21ClN2O2. The number of hydrogen-bond donors (Lipinski definition) is 1. The minimum atomic E-state index is -0.132. The summed E-state index contributed by atoms with van der Waals surface area (Å²) in [6.45, 7) is 3.45. The Morgan fingerprint density at radius 2 is 1.78 bits per heavy atom. The largest absolute Gasteiger partial charge is 0.492 e. The van der Waals surface area contributed by atoms with Gasteiger partial charge in [-0.2, -0.15) is 0 Å². The second kappa shape index (κ2) is 8.44. The van der Waals surface area contributed by atoms with Crippen LogP contribution < -0.4 is 10.1 Å². The molecule has 0 aliphatic heterocycles. The molecule has 2 aromatic rings. The summed E-state index contributed by atoms with van der Waals surface area (Å²) in [6, 6.07) is 15.2. The Kier molecular flexibility index (Phi) is 6.29. The number of hydrogen-bond acceptors (Lipinski definition) is 2. The zero-order chi connectivity index (χ0) is 16.7. The molecule has 0 radical (unpaired) electrons. The van der Waals surface area contributed by atoms with E-state index in [1.165, 1.54) is 5.56 Å². The van der Waals surface area contributed by atoms with Gasteiger partial charge in [-0.05, 0) is 36.8 Å². The van der Waals surface area contributed by atoms with Gasteiger partial charge in [-0.25, -0.2) is 4.79 Å². The lowest BCUT2D eigenvalue weighted by atomic mass is 10.2. The molecule has 0 fully saturated rings. The van der Waals surface area contributed by atoms with Crippen LogP contribution in [0.1, 0.15) is 11.1 Å². The van der Waals surface area contributed by atoms with E-state index in [9.17, 15) is 4.79 Å². The molecule has 0 saturated heterocycles. The maximum Gasteiger partial charge on any atom is 0.317 e. The zero-order valence-corrected chi connectivity index (χ0v) is 14.1. The van der Waals surface area contributed by atoms with Crippen LogP contribution in [0.3, 0.4) is 0 Å². The molecule has 0 unspecified atom stereocenters.